The average Bonchev–Trinajstić information content (AvgIpc) is 3.52. The predicted molar refractivity (Wildman–Crippen MR) is 116 cm³/mol. The van der Waals surface area contributed by atoms with Gasteiger partial charge in [0.2, 0.25) is 5.91 Å². The normalized spacial score (nSPS) is 15.2. The van der Waals surface area contributed by atoms with Gasteiger partial charge in [0.1, 0.15) is 0 Å². The maximum absolute atomic E-state index is 13.5. The fourth-order valence-electron chi connectivity index (χ4n) is 3.47. The highest BCUT2D eigenvalue weighted by Crippen LogP contribution is 2.38. The monoisotopic (exact) mass is 451 g/mol. The highest BCUT2D eigenvalue weighted by Gasteiger charge is 2.44. The summed E-state index contributed by atoms with van der Waals surface area (Å²) in [5, 5.41) is 16.7. The Bertz CT molecular complexity index is 904. The van der Waals surface area contributed by atoms with Gasteiger partial charge in [-0.3, -0.25) is 4.79 Å². The molecule has 1 aliphatic carbocycles. The molecule has 0 aromatic heterocycles. The summed E-state index contributed by atoms with van der Waals surface area (Å²) >= 11 is 0. The van der Waals surface area contributed by atoms with E-state index in [9.17, 15) is 18.0 Å². The maximum Gasteiger partial charge on any atom is 0.503 e. The molecule has 1 fully saturated rings. The highest BCUT2D eigenvalue weighted by atomic mass is 19.4. The number of aryl methyl sites for hydroxylation is 1. The number of carbonyl (C=O) groups excluding carboxylic acids is 1. The summed E-state index contributed by atoms with van der Waals surface area (Å²) in [7, 11) is 0. The number of halogens is 3. The summed E-state index contributed by atoms with van der Waals surface area (Å²) in [6, 6.07) is 14.3. The zero-order chi connectivity index (χ0) is 23.9. The van der Waals surface area contributed by atoms with Crippen molar-refractivity contribution in [2.24, 2.45) is 11.8 Å². The third-order valence-corrected chi connectivity index (χ3v) is 5.46. The van der Waals surface area contributed by atoms with Crippen molar-refractivity contribution in [1.82, 2.24) is 0 Å². The minimum absolute atomic E-state index is 0.383. The molecular weight excluding hydrogens is 423 g/mol. The molecule has 1 amide bonds. The fourth-order valence-corrected chi connectivity index (χ4v) is 3.47. The van der Waals surface area contributed by atoms with Gasteiger partial charge in [0.15, 0.2) is 0 Å². The van der Waals surface area contributed by atoms with Crippen molar-refractivity contribution < 1.29 is 33.0 Å². The molecule has 1 aliphatic rings. The van der Waals surface area contributed by atoms with Gasteiger partial charge in [-0.1, -0.05) is 50.2 Å². The molecule has 0 radical (unpaired) electrons. The Kier molecular flexibility index (Phi) is 8.69. The second-order valence-electron chi connectivity index (χ2n) is 8.02. The average molecular weight is 451 g/mol. The second kappa shape index (κ2) is 11.0. The summed E-state index contributed by atoms with van der Waals surface area (Å²) < 4.78 is 40.4. The number of alkyl halides is 3. The first-order chi connectivity index (χ1) is 15.0. The zero-order valence-corrected chi connectivity index (χ0v) is 18.0. The first kappa shape index (κ1) is 25.2. The van der Waals surface area contributed by atoms with Gasteiger partial charge < -0.3 is 15.5 Å². The molecule has 2 aromatic carbocycles. The van der Waals surface area contributed by atoms with E-state index in [1.807, 2.05) is 25.1 Å². The molecule has 0 aliphatic heterocycles. The SMILES string of the molecule is CCc1ccc(C(C(=O)Nc2cccc(CC3CC3)c2)C(C)C(F)(F)F)cc1.O=C(O)O. The zero-order valence-electron chi connectivity index (χ0n) is 18.0. The van der Waals surface area contributed by atoms with E-state index < -0.39 is 30.1 Å². The van der Waals surface area contributed by atoms with Crippen LogP contribution in [0.3, 0.4) is 0 Å². The van der Waals surface area contributed by atoms with Crippen molar-refractivity contribution in [2.75, 3.05) is 5.32 Å². The lowest BCUT2D eigenvalue weighted by molar-refractivity contribution is -0.178. The number of nitrogens with one attached hydrogen (secondary N) is 1. The number of benzene rings is 2. The van der Waals surface area contributed by atoms with E-state index in [0.717, 1.165) is 30.9 Å². The van der Waals surface area contributed by atoms with Crippen molar-refractivity contribution in [1.29, 1.82) is 0 Å². The van der Waals surface area contributed by atoms with Crippen molar-refractivity contribution >= 4 is 17.7 Å². The van der Waals surface area contributed by atoms with Crippen LogP contribution in [-0.4, -0.2) is 28.5 Å². The molecule has 3 N–H and O–H groups in total. The molecule has 0 spiro atoms. The van der Waals surface area contributed by atoms with Crippen LogP contribution in [0.5, 0.6) is 0 Å². The number of carboxylic acid groups (broad SMARTS) is 2. The maximum atomic E-state index is 13.5. The Morgan fingerprint density at radius 3 is 2.16 bits per heavy atom. The van der Waals surface area contributed by atoms with Crippen LogP contribution in [0.15, 0.2) is 48.5 Å². The summed E-state index contributed by atoms with van der Waals surface area (Å²) in [6.45, 7) is 3.05. The van der Waals surface area contributed by atoms with E-state index in [2.05, 4.69) is 5.32 Å². The summed E-state index contributed by atoms with van der Waals surface area (Å²) in [4.78, 5) is 21.4. The van der Waals surface area contributed by atoms with Gasteiger partial charge >= 0.3 is 12.3 Å². The molecule has 3 rings (SSSR count). The standard InChI is InChI=1S/C23H26F3NO.CH2O3/c1-3-16-9-11-19(12-10-16)21(15(2)23(24,25)26)22(28)27-20-6-4-5-18(14-20)13-17-7-8-17;2-1(3)4/h4-6,9-12,14-15,17,21H,3,7-8,13H2,1-2H3,(H,27,28);(H2,2,3,4). The quantitative estimate of drug-likeness (QED) is 0.458. The third-order valence-electron chi connectivity index (χ3n) is 5.46. The van der Waals surface area contributed by atoms with Crippen molar-refractivity contribution in [3.8, 4) is 0 Å². The summed E-state index contributed by atoms with van der Waals surface area (Å²) in [6.07, 6.45) is -2.12. The van der Waals surface area contributed by atoms with E-state index in [1.54, 1.807) is 30.3 Å². The van der Waals surface area contributed by atoms with E-state index in [0.29, 0.717) is 17.2 Å². The summed E-state index contributed by atoms with van der Waals surface area (Å²) in [5.41, 5.74) is 3.06. The van der Waals surface area contributed by atoms with Crippen LogP contribution in [-0.2, 0) is 17.6 Å². The van der Waals surface area contributed by atoms with Crippen LogP contribution in [0.2, 0.25) is 0 Å². The molecule has 32 heavy (non-hydrogen) atoms. The Labute approximate surface area is 185 Å². The Morgan fingerprint density at radius 1 is 1.06 bits per heavy atom. The molecule has 0 heterocycles. The van der Waals surface area contributed by atoms with Crippen LogP contribution in [0.1, 0.15) is 49.3 Å². The van der Waals surface area contributed by atoms with Crippen LogP contribution in [0.25, 0.3) is 0 Å². The third kappa shape index (κ3) is 7.90. The predicted octanol–water partition coefficient (Wildman–Crippen LogP) is 6.34. The lowest BCUT2D eigenvalue weighted by Gasteiger charge is -2.26. The van der Waals surface area contributed by atoms with Gasteiger partial charge in [-0.05, 0) is 60.4 Å². The van der Waals surface area contributed by atoms with Gasteiger partial charge in [-0.2, -0.15) is 13.2 Å². The molecule has 2 aromatic rings. The molecule has 0 bridgehead atoms. The van der Waals surface area contributed by atoms with Gasteiger partial charge in [0, 0.05) is 5.69 Å². The molecule has 5 nitrogen and oxygen atoms in total. The van der Waals surface area contributed by atoms with Crippen molar-refractivity contribution in [3.63, 3.8) is 0 Å². The minimum Gasteiger partial charge on any atom is -0.450 e. The van der Waals surface area contributed by atoms with E-state index in [-0.39, 0.29) is 0 Å². The van der Waals surface area contributed by atoms with Gasteiger partial charge in [-0.15, -0.1) is 0 Å². The topological polar surface area (TPSA) is 86.6 Å². The first-order valence-electron chi connectivity index (χ1n) is 10.5. The van der Waals surface area contributed by atoms with Gasteiger partial charge in [0.25, 0.3) is 0 Å². The second-order valence-corrected chi connectivity index (χ2v) is 8.02. The number of hydrogen-bond donors (Lipinski definition) is 3. The van der Waals surface area contributed by atoms with Crippen molar-refractivity contribution in [2.45, 2.75) is 51.6 Å². The number of amides is 1. The number of rotatable bonds is 7. The molecule has 0 saturated heterocycles. The molecule has 1 saturated carbocycles. The molecule has 8 heteroatoms. The number of hydrogen-bond acceptors (Lipinski definition) is 2. The first-order valence-corrected chi connectivity index (χ1v) is 10.5. The smallest absolute Gasteiger partial charge is 0.450 e. The lowest BCUT2D eigenvalue weighted by Crippen LogP contribution is -2.34. The van der Waals surface area contributed by atoms with E-state index in [1.165, 1.54) is 12.8 Å². The lowest BCUT2D eigenvalue weighted by atomic mass is 9.85. The van der Waals surface area contributed by atoms with Crippen LogP contribution < -0.4 is 5.32 Å². The molecular formula is C24H28F3NO4. The Hall–Kier alpha value is -3.03. The summed E-state index contributed by atoms with van der Waals surface area (Å²) in [5.74, 6) is -3.01. The van der Waals surface area contributed by atoms with Gasteiger partial charge in [0.05, 0.1) is 11.8 Å². The van der Waals surface area contributed by atoms with Crippen LogP contribution >= 0.6 is 0 Å². The Morgan fingerprint density at radius 2 is 1.66 bits per heavy atom. The molecule has 2 unspecified atom stereocenters. The van der Waals surface area contributed by atoms with Crippen LogP contribution in [0.4, 0.5) is 23.7 Å². The fraction of sp³-hybridized carbons (Fsp3) is 0.417. The largest absolute Gasteiger partial charge is 0.503 e. The van der Waals surface area contributed by atoms with E-state index >= 15 is 0 Å². The number of carbonyl (C=O) groups is 2. The Balaban J connectivity index is 0.000000837. The molecule has 174 valence electrons. The molecule has 2 atom stereocenters. The van der Waals surface area contributed by atoms with E-state index in [4.69, 9.17) is 15.0 Å². The van der Waals surface area contributed by atoms with Crippen molar-refractivity contribution in [3.05, 3.63) is 65.2 Å². The highest BCUT2D eigenvalue weighted by molar-refractivity contribution is 5.96. The van der Waals surface area contributed by atoms with Gasteiger partial charge in [-0.25, -0.2) is 4.79 Å². The van der Waals surface area contributed by atoms with Crippen LogP contribution in [0, 0.1) is 11.8 Å². The number of anilines is 1. The minimum atomic E-state index is -4.46.